The molecule has 3 nitrogen and oxygen atoms in total. The Morgan fingerprint density at radius 1 is 1.18 bits per heavy atom. The normalized spacial score (nSPS) is 15.2. The molecule has 1 fully saturated rings. The first kappa shape index (κ1) is 22.7. The molecule has 0 saturated carbocycles. The lowest BCUT2D eigenvalue weighted by atomic mass is 9.73. The molecule has 1 aliphatic rings. The van der Waals surface area contributed by atoms with E-state index in [0.717, 1.165) is 66.7 Å². The number of nitriles is 1. The minimum absolute atomic E-state index is 0.287. The van der Waals surface area contributed by atoms with Crippen LogP contribution in [0.4, 0.5) is 10.1 Å². The predicted molar refractivity (Wildman–Crippen MR) is 133 cm³/mol. The highest BCUT2D eigenvalue weighted by Gasteiger charge is 2.35. The average molecular weight is 440 g/mol. The fraction of sp³-hybridized carbons (Fsp3) is 0.310. The third-order valence-electron chi connectivity index (χ3n) is 6.87. The van der Waals surface area contributed by atoms with E-state index in [2.05, 4.69) is 35.5 Å². The fourth-order valence-electron chi connectivity index (χ4n) is 4.92. The van der Waals surface area contributed by atoms with Crippen molar-refractivity contribution in [3.05, 3.63) is 95.5 Å². The van der Waals surface area contributed by atoms with Gasteiger partial charge in [0.1, 0.15) is 17.6 Å². The molecule has 1 saturated heterocycles. The summed E-state index contributed by atoms with van der Waals surface area (Å²) in [6, 6.07) is 17.9. The number of hydrogen-bond acceptors (Lipinski definition) is 3. The molecule has 2 heterocycles. The number of allylic oxidation sites excluding steroid dienone is 1. The Morgan fingerprint density at radius 3 is 2.61 bits per heavy atom. The van der Waals surface area contributed by atoms with Crippen molar-refractivity contribution in [3.63, 3.8) is 0 Å². The maximum absolute atomic E-state index is 15.4. The van der Waals surface area contributed by atoms with Crippen molar-refractivity contribution in [1.29, 1.82) is 5.26 Å². The van der Waals surface area contributed by atoms with Gasteiger partial charge in [-0.2, -0.15) is 5.26 Å². The molecular formula is C29H30FN3. The quantitative estimate of drug-likeness (QED) is 0.399. The minimum atomic E-state index is -0.330. The third kappa shape index (κ3) is 4.41. The van der Waals surface area contributed by atoms with E-state index >= 15 is 4.39 Å². The monoisotopic (exact) mass is 439 g/mol. The zero-order valence-corrected chi connectivity index (χ0v) is 19.4. The van der Waals surface area contributed by atoms with Crippen LogP contribution in [-0.4, -0.2) is 18.1 Å². The van der Waals surface area contributed by atoms with Gasteiger partial charge in [0.15, 0.2) is 0 Å². The number of nitrogens with zero attached hydrogens (tertiary/aromatic N) is 3. The van der Waals surface area contributed by atoms with Crippen molar-refractivity contribution >= 4 is 5.69 Å². The van der Waals surface area contributed by atoms with Gasteiger partial charge in [0, 0.05) is 30.3 Å². The van der Waals surface area contributed by atoms with Gasteiger partial charge in [-0.1, -0.05) is 49.8 Å². The van der Waals surface area contributed by atoms with E-state index in [1.807, 2.05) is 55.6 Å². The Hall–Kier alpha value is -3.45. The van der Waals surface area contributed by atoms with E-state index in [1.54, 1.807) is 6.07 Å². The lowest BCUT2D eigenvalue weighted by Crippen LogP contribution is -2.42. The van der Waals surface area contributed by atoms with Gasteiger partial charge in [-0.3, -0.25) is 4.98 Å². The Balaban J connectivity index is 1.60. The summed E-state index contributed by atoms with van der Waals surface area (Å²) in [4.78, 5) is 6.84. The van der Waals surface area contributed by atoms with Crippen molar-refractivity contribution in [2.75, 3.05) is 18.0 Å². The highest BCUT2D eigenvalue weighted by atomic mass is 19.1. The van der Waals surface area contributed by atoms with Crippen molar-refractivity contribution in [3.8, 4) is 17.3 Å². The minimum Gasteiger partial charge on any atom is -0.370 e. The number of aryl methyl sites for hydroxylation is 2. The summed E-state index contributed by atoms with van der Waals surface area (Å²) in [5.41, 5.74) is 5.69. The molecule has 0 amide bonds. The summed E-state index contributed by atoms with van der Waals surface area (Å²) in [5, 5.41) is 9.56. The van der Waals surface area contributed by atoms with Crippen LogP contribution in [0.1, 0.15) is 48.4 Å². The molecule has 0 radical (unpaired) electrons. The van der Waals surface area contributed by atoms with Crippen LogP contribution < -0.4 is 4.90 Å². The van der Waals surface area contributed by atoms with E-state index in [0.29, 0.717) is 11.3 Å². The molecular weight excluding hydrogens is 409 g/mol. The lowest BCUT2D eigenvalue weighted by Gasteiger charge is -2.41. The van der Waals surface area contributed by atoms with E-state index in [9.17, 15) is 5.26 Å². The molecule has 0 spiro atoms. The largest absolute Gasteiger partial charge is 0.370 e. The predicted octanol–water partition coefficient (Wildman–Crippen LogP) is 6.74. The highest BCUT2D eigenvalue weighted by Crippen LogP contribution is 2.39. The first-order valence-corrected chi connectivity index (χ1v) is 11.6. The van der Waals surface area contributed by atoms with Gasteiger partial charge in [-0.15, -0.1) is 6.58 Å². The summed E-state index contributed by atoms with van der Waals surface area (Å²) in [6.07, 6.45) is 7.26. The standard InChI is InChI=1S/C29H30FN3/c1-4-8-22-9-6-7-10-25(22)28-26(30)18-24(20-32-28)29(5-2)13-15-33(16-14-29)27-12-11-21(3)17-23(27)19-31/h5-7,9-12,17-18,20H,2,4,8,13-16H2,1,3H3. The summed E-state index contributed by atoms with van der Waals surface area (Å²) in [7, 11) is 0. The summed E-state index contributed by atoms with van der Waals surface area (Å²) in [6.45, 7) is 9.76. The summed E-state index contributed by atoms with van der Waals surface area (Å²) >= 11 is 0. The number of rotatable bonds is 6. The van der Waals surface area contributed by atoms with Gasteiger partial charge in [-0.05, 0) is 61.1 Å². The summed E-state index contributed by atoms with van der Waals surface area (Å²) in [5.74, 6) is -0.287. The molecule has 33 heavy (non-hydrogen) atoms. The maximum atomic E-state index is 15.4. The smallest absolute Gasteiger partial charge is 0.149 e. The van der Waals surface area contributed by atoms with Crippen LogP contribution in [0.3, 0.4) is 0 Å². The van der Waals surface area contributed by atoms with E-state index in [4.69, 9.17) is 0 Å². The van der Waals surface area contributed by atoms with Crippen LogP contribution in [0.5, 0.6) is 0 Å². The third-order valence-corrected chi connectivity index (χ3v) is 6.87. The number of piperidine rings is 1. The van der Waals surface area contributed by atoms with E-state index in [-0.39, 0.29) is 11.2 Å². The molecule has 1 aliphatic heterocycles. The summed E-state index contributed by atoms with van der Waals surface area (Å²) < 4.78 is 15.4. The number of anilines is 1. The second-order valence-corrected chi connectivity index (χ2v) is 8.94. The second kappa shape index (κ2) is 9.58. The topological polar surface area (TPSA) is 39.9 Å². The second-order valence-electron chi connectivity index (χ2n) is 8.94. The zero-order chi connectivity index (χ0) is 23.4. The van der Waals surface area contributed by atoms with Crippen LogP contribution in [0, 0.1) is 24.1 Å². The van der Waals surface area contributed by atoms with Crippen molar-refractivity contribution < 1.29 is 4.39 Å². The zero-order valence-electron chi connectivity index (χ0n) is 19.4. The van der Waals surface area contributed by atoms with Crippen molar-refractivity contribution in [2.45, 2.75) is 44.9 Å². The number of hydrogen-bond donors (Lipinski definition) is 0. The van der Waals surface area contributed by atoms with Gasteiger partial charge < -0.3 is 4.90 Å². The molecule has 1 aromatic heterocycles. The van der Waals surface area contributed by atoms with Gasteiger partial charge in [0.25, 0.3) is 0 Å². The number of halogens is 1. The fourth-order valence-corrected chi connectivity index (χ4v) is 4.92. The molecule has 168 valence electrons. The van der Waals surface area contributed by atoms with Crippen LogP contribution in [0.2, 0.25) is 0 Å². The van der Waals surface area contributed by atoms with Crippen LogP contribution in [-0.2, 0) is 11.8 Å². The van der Waals surface area contributed by atoms with Crippen LogP contribution in [0.25, 0.3) is 11.3 Å². The van der Waals surface area contributed by atoms with Gasteiger partial charge in [0.05, 0.1) is 11.3 Å². The molecule has 3 aromatic rings. The number of aromatic nitrogens is 1. The lowest BCUT2D eigenvalue weighted by molar-refractivity contribution is 0.403. The number of benzene rings is 2. The molecule has 4 rings (SSSR count). The Bertz CT molecular complexity index is 1200. The van der Waals surface area contributed by atoms with E-state index < -0.39 is 0 Å². The molecule has 4 heteroatoms. The molecule has 0 N–H and O–H groups in total. The highest BCUT2D eigenvalue weighted by molar-refractivity contribution is 5.65. The maximum Gasteiger partial charge on any atom is 0.149 e. The van der Waals surface area contributed by atoms with Crippen LogP contribution >= 0.6 is 0 Å². The SMILES string of the molecule is C=CC1(c2cnc(-c3ccccc3CCC)c(F)c2)CCN(c2ccc(C)cc2C#N)CC1. The van der Waals surface area contributed by atoms with Crippen molar-refractivity contribution in [1.82, 2.24) is 4.98 Å². The molecule has 0 atom stereocenters. The van der Waals surface area contributed by atoms with Gasteiger partial charge in [-0.25, -0.2) is 4.39 Å². The molecule has 0 unspecified atom stereocenters. The Labute approximate surface area is 196 Å². The number of pyridine rings is 1. The first-order valence-electron chi connectivity index (χ1n) is 11.6. The van der Waals surface area contributed by atoms with Gasteiger partial charge in [0.2, 0.25) is 0 Å². The van der Waals surface area contributed by atoms with E-state index in [1.165, 1.54) is 0 Å². The van der Waals surface area contributed by atoms with Crippen molar-refractivity contribution in [2.24, 2.45) is 0 Å². The average Bonchev–Trinajstić information content (AvgIpc) is 2.85. The molecule has 0 bridgehead atoms. The van der Waals surface area contributed by atoms with Crippen LogP contribution in [0.15, 0.2) is 67.4 Å². The molecule has 2 aromatic carbocycles. The van der Waals surface area contributed by atoms with Gasteiger partial charge >= 0.3 is 0 Å². The first-order chi connectivity index (χ1) is 16.0. The Kier molecular flexibility index (Phi) is 6.60. The molecule has 0 aliphatic carbocycles. The Morgan fingerprint density at radius 2 is 1.94 bits per heavy atom.